The number of aromatic nitrogens is 2. The Balaban J connectivity index is 1.58. The van der Waals surface area contributed by atoms with E-state index in [4.69, 9.17) is 4.74 Å². The molecule has 0 aliphatic rings. The van der Waals surface area contributed by atoms with E-state index in [1.54, 1.807) is 0 Å². The average molecular weight is 379 g/mol. The van der Waals surface area contributed by atoms with Crippen LogP contribution in [-0.4, -0.2) is 9.97 Å². The molecule has 24 heavy (non-hydrogen) atoms. The molecule has 1 N–H and O–H groups in total. The number of para-hydroxylation sites is 2. The van der Waals surface area contributed by atoms with E-state index < -0.39 is 0 Å². The number of aromatic amines is 1. The molecule has 0 radical (unpaired) electrons. The minimum absolute atomic E-state index is 0.519. The first-order valence-electron chi connectivity index (χ1n) is 7.71. The number of hydrogen-bond donors (Lipinski definition) is 1. The number of ether oxygens (including phenoxy) is 1. The maximum atomic E-state index is 5.94. The SMILES string of the molecule is Brc1ccccc1COc1cccc(-c2nc3ccccc3[nH]2)c1. The lowest BCUT2D eigenvalue weighted by molar-refractivity contribution is 0.305. The summed E-state index contributed by atoms with van der Waals surface area (Å²) in [7, 11) is 0. The molecule has 0 bridgehead atoms. The van der Waals surface area contributed by atoms with E-state index >= 15 is 0 Å². The number of benzene rings is 3. The zero-order chi connectivity index (χ0) is 16.4. The lowest BCUT2D eigenvalue weighted by atomic mass is 10.2. The molecule has 1 aromatic heterocycles. The molecule has 0 spiro atoms. The predicted octanol–water partition coefficient (Wildman–Crippen LogP) is 5.57. The van der Waals surface area contributed by atoms with Gasteiger partial charge in [0.25, 0.3) is 0 Å². The van der Waals surface area contributed by atoms with E-state index in [0.29, 0.717) is 6.61 Å². The number of imidazole rings is 1. The lowest BCUT2D eigenvalue weighted by Gasteiger charge is -2.08. The van der Waals surface area contributed by atoms with Gasteiger partial charge >= 0.3 is 0 Å². The summed E-state index contributed by atoms with van der Waals surface area (Å²) in [5.41, 5.74) is 4.13. The van der Waals surface area contributed by atoms with Crippen molar-refractivity contribution in [3.05, 3.63) is 82.8 Å². The van der Waals surface area contributed by atoms with E-state index in [2.05, 4.69) is 25.9 Å². The molecule has 0 amide bonds. The third-order valence-electron chi connectivity index (χ3n) is 3.85. The Morgan fingerprint density at radius 3 is 2.62 bits per heavy atom. The van der Waals surface area contributed by atoms with Crippen molar-refractivity contribution in [3.63, 3.8) is 0 Å². The Morgan fingerprint density at radius 2 is 1.75 bits per heavy atom. The third kappa shape index (κ3) is 3.05. The second-order valence-electron chi connectivity index (χ2n) is 5.51. The highest BCUT2D eigenvalue weighted by Gasteiger charge is 2.06. The maximum Gasteiger partial charge on any atom is 0.138 e. The average Bonchev–Trinajstić information content (AvgIpc) is 3.06. The summed E-state index contributed by atoms with van der Waals surface area (Å²) in [6.07, 6.45) is 0. The molecule has 0 atom stereocenters. The summed E-state index contributed by atoms with van der Waals surface area (Å²) in [5.74, 6) is 1.67. The molecular weight excluding hydrogens is 364 g/mol. The van der Waals surface area contributed by atoms with Gasteiger partial charge in [-0.25, -0.2) is 4.98 Å². The summed E-state index contributed by atoms with van der Waals surface area (Å²) in [5, 5.41) is 0. The van der Waals surface area contributed by atoms with E-state index in [1.807, 2.05) is 72.8 Å². The van der Waals surface area contributed by atoms with Gasteiger partial charge in [0.15, 0.2) is 0 Å². The molecule has 0 saturated carbocycles. The van der Waals surface area contributed by atoms with E-state index in [0.717, 1.165) is 38.2 Å². The van der Waals surface area contributed by atoms with Crippen LogP contribution < -0.4 is 4.74 Å². The summed E-state index contributed by atoms with van der Waals surface area (Å²) < 4.78 is 6.99. The standard InChI is InChI=1S/C20H15BrN2O/c21-17-9-2-1-6-15(17)13-24-16-8-5-7-14(12-16)20-22-18-10-3-4-11-19(18)23-20/h1-12H,13H2,(H,22,23). The first kappa shape index (κ1) is 15.0. The van der Waals surface area contributed by atoms with Crippen molar-refractivity contribution in [1.82, 2.24) is 9.97 Å². The van der Waals surface area contributed by atoms with Crippen molar-refractivity contribution in [2.45, 2.75) is 6.61 Å². The summed E-state index contributed by atoms with van der Waals surface area (Å²) in [6.45, 7) is 0.519. The van der Waals surface area contributed by atoms with Crippen LogP contribution in [0.2, 0.25) is 0 Å². The molecule has 0 unspecified atom stereocenters. The van der Waals surface area contributed by atoms with E-state index in [1.165, 1.54) is 0 Å². The van der Waals surface area contributed by atoms with Crippen LogP contribution in [0.25, 0.3) is 22.4 Å². The van der Waals surface area contributed by atoms with Crippen LogP contribution in [0.3, 0.4) is 0 Å². The molecule has 3 aromatic carbocycles. The number of nitrogens with one attached hydrogen (secondary N) is 1. The molecule has 4 rings (SSSR count). The minimum atomic E-state index is 0.519. The Kier molecular flexibility index (Phi) is 4.05. The fourth-order valence-corrected chi connectivity index (χ4v) is 3.00. The van der Waals surface area contributed by atoms with Gasteiger partial charge in [-0.15, -0.1) is 0 Å². The normalized spacial score (nSPS) is 10.9. The van der Waals surface area contributed by atoms with Crippen LogP contribution in [0, 0.1) is 0 Å². The van der Waals surface area contributed by atoms with Gasteiger partial charge in [0, 0.05) is 15.6 Å². The highest BCUT2D eigenvalue weighted by Crippen LogP contribution is 2.25. The van der Waals surface area contributed by atoms with Crippen LogP contribution in [-0.2, 0) is 6.61 Å². The first-order chi connectivity index (χ1) is 11.8. The van der Waals surface area contributed by atoms with Gasteiger partial charge in [-0.05, 0) is 30.3 Å². The monoisotopic (exact) mass is 378 g/mol. The van der Waals surface area contributed by atoms with Gasteiger partial charge in [-0.3, -0.25) is 0 Å². The van der Waals surface area contributed by atoms with Crippen molar-refractivity contribution in [3.8, 4) is 17.1 Å². The Hall–Kier alpha value is -2.59. The second-order valence-corrected chi connectivity index (χ2v) is 6.36. The number of H-pyrrole nitrogens is 1. The van der Waals surface area contributed by atoms with Crippen LogP contribution in [0.4, 0.5) is 0 Å². The zero-order valence-corrected chi connectivity index (χ0v) is 14.5. The molecule has 3 nitrogen and oxygen atoms in total. The molecule has 0 fully saturated rings. The fourth-order valence-electron chi connectivity index (χ4n) is 2.60. The van der Waals surface area contributed by atoms with E-state index in [9.17, 15) is 0 Å². The van der Waals surface area contributed by atoms with Gasteiger partial charge in [0.1, 0.15) is 18.2 Å². The topological polar surface area (TPSA) is 37.9 Å². The molecule has 0 saturated heterocycles. The minimum Gasteiger partial charge on any atom is -0.489 e. The zero-order valence-electron chi connectivity index (χ0n) is 12.9. The largest absolute Gasteiger partial charge is 0.489 e. The molecular formula is C20H15BrN2O. The first-order valence-corrected chi connectivity index (χ1v) is 8.50. The Morgan fingerprint density at radius 1 is 0.917 bits per heavy atom. The van der Waals surface area contributed by atoms with Gasteiger partial charge in [-0.1, -0.05) is 58.4 Å². The highest BCUT2D eigenvalue weighted by molar-refractivity contribution is 9.10. The van der Waals surface area contributed by atoms with Crippen LogP contribution in [0.15, 0.2) is 77.3 Å². The van der Waals surface area contributed by atoms with Crippen molar-refractivity contribution >= 4 is 27.0 Å². The molecule has 118 valence electrons. The molecule has 4 heteroatoms. The van der Waals surface area contributed by atoms with Gasteiger partial charge in [-0.2, -0.15) is 0 Å². The summed E-state index contributed by atoms with van der Waals surface area (Å²) in [4.78, 5) is 7.99. The number of nitrogens with zero attached hydrogens (tertiary/aromatic N) is 1. The van der Waals surface area contributed by atoms with Crippen LogP contribution in [0.1, 0.15) is 5.56 Å². The van der Waals surface area contributed by atoms with Crippen LogP contribution >= 0.6 is 15.9 Å². The smallest absolute Gasteiger partial charge is 0.138 e. The maximum absolute atomic E-state index is 5.94. The number of fused-ring (bicyclic) bond motifs is 1. The Labute approximate surface area is 148 Å². The number of halogens is 1. The molecule has 4 aromatic rings. The Bertz CT molecular complexity index is 961. The molecule has 0 aliphatic heterocycles. The quantitative estimate of drug-likeness (QED) is 0.503. The molecule has 0 aliphatic carbocycles. The number of rotatable bonds is 4. The van der Waals surface area contributed by atoms with E-state index in [-0.39, 0.29) is 0 Å². The van der Waals surface area contributed by atoms with Crippen molar-refractivity contribution in [2.75, 3.05) is 0 Å². The lowest BCUT2D eigenvalue weighted by Crippen LogP contribution is -1.96. The fraction of sp³-hybridized carbons (Fsp3) is 0.0500. The highest BCUT2D eigenvalue weighted by atomic mass is 79.9. The summed E-state index contributed by atoms with van der Waals surface area (Å²) in [6, 6.07) is 24.1. The molecule has 1 heterocycles. The van der Waals surface area contributed by atoms with Crippen LogP contribution in [0.5, 0.6) is 5.75 Å². The second kappa shape index (κ2) is 6.49. The van der Waals surface area contributed by atoms with Crippen molar-refractivity contribution in [1.29, 1.82) is 0 Å². The van der Waals surface area contributed by atoms with Gasteiger partial charge in [0.05, 0.1) is 11.0 Å². The summed E-state index contributed by atoms with van der Waals surface area (Å²) >= 11 is 3.55. The van der Waals surface area contributed by atoms with Gasteiger partial charge < -0.3 is 9.72 Å². The van der Waals surface area contributed by atoms with Crippen molar-refractivity contribution < 1.29 is 4.74 Å². The number of hydrogen-bond acceptors (Lipinski definition) is 2. The van der Waals surface area contributed by atoms with Crippen molar-refractivity contribution in [2.24, 2.45) is 0 Å². The predicted molar refractivity (Wildman–Crippen MR) is 100 cm³/mol. The van der Waals surface area contributed by atoms with Gasteiger partial charge in [0.2, 0.25) is 0 Å². The third-order valence-corrected chi connectivity index (χ3v) is 4.62.